The van der Waals surface area contributed by atoms with Gasteiger partial charge in [-0.1, -0.05) is 36.4 Å². The third kappa shape index (κ3) is 2.88. The first-order valence-electron chi connectivity index (χ1n) is 5.39. The molecule has 0 radical (unpaired) electrons. The Hall–Kier alpha value is -2.29. The molecule has 2 aromatic rings. The Kier molecular flexibility index (Phi) is 3.63. The molecule has 90 valence electrons. The molecule has 0 heterocycles. The average molecular weight is 244 g/mol. The van der Waals surface area contributed by atoms with Gasteiger partial charge < -0.3 is 0 Å². The fraction of sp³-hybridized carbons (Fsp3) is 0. The summed E-state index contributed by atoms with van der Waals surface area (Å²) in [7, 11) is 0. The fourth-order valence-electron chi connectivity index (χ4n) is 1.51. The van der Waals surface area contributed by atoms with E-state index in [1.165, 1.54) is 6.08 Å². The van der Waals surface area contributed by atoms with Crippen molar-refractivity contribution in [2.24, 2.45) is 0 Å². The molecule has 18 heavy (non-hydrogen) atoms. The molecule has 0 unspecified atom stereocenters. The number of allylic oxidation sites excluding steroid dienone is 1. The lowest BCUT2D eigenvalue weighted by atomic mass is 10.1. The van der Waals surface area contributed by atoms with Gasteiger partial charge in [0.15, 0.2) is 5.78 Å². The molecule has 0 aliphatic carbocycles. The van der Waals surface area contributed by atoms with Gasteiger partial charge in [0, 0.05) is 0 Å². The Bertz CT molecular complexity index is 589. The Balaban J connectivity index is 2.22. The molecule has 0 amide bonds. The van der Waals surface area contributed by atoms with E-state index in [0.717, 1.165) is 23.8 Å². The van der Waals surface area contributed by atoms with Gasteiger partial charge in [-0.2, -0.15) is 0 Å². The molecule has 0 saturated carbocycles. The van der Waals surface area contributed by atoms with Gasteiger partial charge in [0.2, 0.25) is 0 Å². The molecular formula is C15H10F2O. The molecule has 2 aromatic carbocycles. The SMILES string of the molecule is O=C(/C=C/c1ccccc1)c1cc(F)ccc1F. The lowest BCUT2D eigenvalue weighted by molar-refractivity contribution is 0.104. The zero-order valence-corrected chi connectivity index (χ0v) is 9.44. The summed E-state index contributed by atoms with van der Waals surface area (Å²) in [4.78, 5) is 11.7. The lowest BCUT2D eigenvalue weighted by Crippen LogP contribution is -1.99. The fourth-order valence-corrected chi connectivity index (χ4v) is 1.51. The predicted octanol–water partition coefficient (Wildman–Crippen LogP) is 3.86. The molecule has 0 aliphatic heterocycles. The molecule has 0 N–H and O–H groups in total. The quantitative estimate of drug-likeness (QED) is 0.592. The third-order valence-corrected chi connectivity index (χ3v) is 2.42. The maximum Gasteiger partial charge on any atom is 0.188 e. The van der Waals surface area contributed by atoms with E-state index in [9.17, 15) is 13.6 Å². The first kappa shape index (κ1) is 12.2. The van der Waals surface area contributed by atoms with E-state index in [1.807, 2.05) is 30.3 Å². The predicted molar refractivity (Wildman–Crippen MR) is 66.2 cm³/mol. The monoisotopic (exact) mass is 244 g/mol. The normalized spacial score (nSPS) is 10.8. The van der Waals surface area contributed by atoms with Crippen molar-refractivity contribution in [2.45, 2.75) is 0 Å². The molecule has 0 aromatic heterocycles. The highest BCUT2D eigenvalue weighted by molar-refractivity contribution is 6.06. The van der Waals surface area contributed by atoms with Gasteiger partial charge >= 0.3 is 0 Å². The number of halogens is 2. The summed E-state index contributed by atoms with van der Waals surface area (Å²) in [5.41, 5.74) is 0.560. The Morgan fingerprint density at radius 3 is 2.44 bits per heavy atom. The summed E-state index contributed by atoms with van der Waals surface area (Å²) in [5, 5.41) is 0. The number of rotatable bonds is 3. The zero-order valence-electron chi connectivity index (χ0n) is 9.44. The van der Waals surface area contributed by atoms with E-state index in [1.54, 1.807) is 6.08 Å². The Labute approximate surface area is 103 Å². The van der Waals surface area contributed by atoms with E-state index in [2.05, 4.69) is 0 Å². The van der Waals surface area contributed by atoms with Crippen LogP contribution in [-0.4, -0.2) is 5.78 Å². The average Bonchev–Trinajstić information content (AvgIpc) is 2.40. The summed E-state index contributed by atoms with van der Waals surface area (Å²) >= 11 is 0. The summed E-state index contributed by atoms with van der Waals surface area (Å²) in [6, 6.07) is 11.9. The van der Waals surface area contributed by atoms with Gasteiger partial charge in [0.25, 0.3) is 0 Å². The third-order valence-electron chi connectivity index (χ3n) is 2.42. The number of hydrogen-bond acceptors (Lipinski definition) is 1. The molecular weight excluding hydrogens is 234 g/mol. The minimum absolute atomic E-state index is 0.262. The van der Waals surface area contributed by atoms with Crippen molar-refractivity contribution >= 4 is 11.9 Å². The van der Waals surface area contributed by atoms with Crippen LogP contribution < -0.4 is 0 Å². The van der Waals surface area contributed by atoms with Crippen LogP contribution in [0.1, 0.15) is 15.9 Å². The number of hydrogen-bond donors (Lipinski definition) is 0. The highest BCUT2D eigenvalue weighted by atomic mass is 19.1. The standard InChI is InChI=1S/C15H10F2O/c16-12-7-8-14(17)13(10-12)15(18)9-6-11-4-2-1-3-5-11/h1-10H/b9-6+. The second kappa shape index (κ2) is 5.36. The molecule has 3 heteroatoms. The summed E-state index contributed by atoms with van der Waals surface area (Å²) in [6.07, 6.45) is 2.79. The van der Waals surface area contributed by atoms with Crippen LogP contribution in [0.2, 0.25) is 0 Å². The van der Waals surface area contributed by atoms with Crippen molar-refractivity contribution in [3.63, 3.8) is 0 Å². The summed E-state index contributed by atoms with van der Waals surface area (Å²) in [5.74, 6) is -1.91. The molecule has 0 fully saturated rings. The molecule has 2 rings (SSSR count). The van der Waals surface area contributed by atoms with Crippen LogP contribution in [0.5, 0.6) is 0 Å². The van der Waals surface area contributed by atoms with E-state index >= 15 is 0 Å². The minimum atomic E-state index is -0.723. The smallest absolute Gasteiger partial charge is 0.188 e. The van der Waals surface area contributed by atoms with Crippen molar-refractivity contribution in [1.29, 1.82) is 0 Å². The van der Waals surface area contributed by atoms with Crippen molar-refractivity contribution in [2.75, 3.05) is 0 Å². The van der Waals surface area contributed by atoms with Gasteiger partial charge in [-0.3, -0.25) is 4.79 Å². The highest BCUT2D eigenvalue weighted by Gasteiger charge is 2.09. The van der Waals surface area contributed by atoms with Crippen molar-refractivity contribution < 1.29 is 13.6 Å². The first-order valence-corrected chi connectivity index (χ1v) is 5.39. The van der Waals surface area contributed by atoms with Crippen LogP contribution in [0.25, 0.3) is 6.08 Å². The minimum Gasteiger partial charge on any atom is -0.289 e. The van der Waals surface area contributed by atoms with Crippen LogP contribution in [0, 0.1) is 11.6 Å². The molecule has 1 nitrogen and oxygen atoms in total. The lowest BCUT2D eigenvalue weighted by Gasteiger charge is -1.98. The van der Waals surface area contributed by atoms with Crippen molar-refractivity contribution in [1.82, 2.24) is 0 Å². The number of carbonyl (C=O) groups is 1. The summed E-state index contributed by atoms with van der Waals surface area (Å²) < 4.78 is 26.3. The second-order valence-electron chi connectivity index (χ2n) is 3.73. The van der Waals surface area contributed by atoms with Crippen LogP contribution >= 0.6 is 0 Å². The maximum atomic E-state index is 13.3. The summed E-state index contributed by atoms with van der Waals surface area (Å²) in [6.45, 7) is 0. The largest absolute Gasteiger partial charge is 0.289 e. The number of benzene rings is 2. The van der Waals surface area contributed by atoms with Crippen LogP contribution in [0.3, 0.4) is 0 Å². The van der Waals surface area contributed by atoms with Gasteiger partial charge in [0.1, 0.15) is 11.6 Å². The molecule has 0 bridgehead atoms. The molecule has 0 spiro atoms. The maximum absolute atomic E-state index is 13.3. The second-order valence-corrected chi connectivity index (χ2v) is 3.73. The van der Waals surface area contributed by atoms with Gasteiger partial charge in [0.05, 0.1) is 5.56 Å². The molecule has 0 saturated heterocycles. The Morgan fingerprint density at radius 2 is 1.72 bits per heavy atom. The Morgan fingerprint density at radius 1 is 1.00 bits per heavy atom. The van der Waals surface area contributed by atoms with Crippen LogP contribution in [0.15, 0.2) is 54.6 Å². The van der Waals surface area contributed by atoms with Crippen molar-refractivity contribution in [3.05, 3.63) is 77.4 Å². The molecule has 0 atom stereocenters. The van der Waals surface area contributed by atoms with Gasteiger partial charge in [-0.25, -0.2) is 8.78 Å². The van der Waals surface area contributed by atoms with Crippen LogP contribution in [0.4, 0.5) is 8.78 Å². The van der Waals surface area contributed by atoms with E-state index < -0.39 is 17.4 Å². The van der Waals surface area contributed by atoms with Gasteiger partial charge in [-0.05, 0) is 29.8 Å². The molecule has 0 aliphatic rings. The van der Waals surface area contributed by atoms with Crippen LogP contribution in [-0.2, 0) is 0 Å². The highest BCUT2D eigenvalue weighted by Crippen LogP contribution is 2.12. The first-order chi connectivity index (χ1) is 8.66. The van der Waals surface area contributed by atoms with Crippen molar-refractivity contribution in [3.8, 4) is 0 Å². The topological polar surface area (TPSA) is 17.1 Å². The van der Waals surface area contributed by atoms with E-state index in [-0.39, 0.29) is 5.56 Å². The van der Waals surface area contributed by atoms with E-state index in [0.29, 0.717) is 0 Å². The number of carbonyl (C=O) groups excluding carboxylic acids is 1. The van der Waals surface area contributed by atoms with Gasteiger partial charge in [-0.15, -0.1) is 0 Å². The number of ketones is 1. The zero-order chi connectivity index (χ0) is 13.0. The van der Waals surface area contributed by atoms with E-state index in [4.69, 9.17) is 0 Å².